The molecule has 3 aromatic carbocycles. The van der Waals surface area contributed by atoms with Crippen molar-refractivity contribution < 1.29 is 4.79 Å². The molecule has 0 saturated carbocycles. The van der Waals surface area contributed by atoms with Gasteiger partial charge in [-0.1, -0.05) is 66.7 Å². The lowest BCUT2D eigenvalue weighted by Crippen LogP contribution is -1.89. The van der Waals surface area contributed by atoms with Gasteiger partial charge in [0.15, 0.2) is 5.78 Å². The number of fused-ring (bicyclic) bond motifs is 1. The number of carbonyl (C=O) groups excluding carboxylic acids is 1. The maximum absolute atomic E-state index is 11.6. The Bertz CT molecular complexity index is 1070. The second-order valence-corrected chi connectivity index (χ2v) is 7.09. The third kappa shape index (κ3) is 2.87. The first-order valence-corrected chi connectivity index (χ1v) is 9.02. The topological polar surface area (TPSA) is 30.0 Å². The van der Waals surface area contributed by atoms with Crippen LogP contribution in [-0.2, 0) is 0 Å². The Morgan fingerprint density at radius 3 is 2.28 bits per heavy atom. The van der Waals surface area contributed by atoms with Gasteiger partial charge in [0, 0.05) is 12.5 Å². The molecular formula is C22H17NOS. The van der Waals surface area contributed by atoms with Crippen molar-refractivity contribution in [2.75, 3.05) is 0 Å². The molecule has 0 saturated heterocycles. The Hall–Kier alpha value is -2.78. The average molecular weight is 343 g/mol. The summed E-state index contributed by atoms with van der Waals surface area (Å²) in [5.41, 5.74) is 4.26. The van der Waals surface area contributed by atoms with Crippen molar-refractivity contribution in [1.29, 1.82) is 0 Å². The summed E-state index contributed by atoms with van der Waals surface area (Å²) in [6.45, 7) is 3.48. The minimum Gasteiger partial charge on any atom is -0.294 e. The third-order valence-corrected chi connectivity index (χ3v) is 5.66. The quantitative estimate of drug-likeness (QED) is 0.418. The molecule has 0 bridgehead atoms. The lowest BCUT2D eigenvalue weighted by molar-refractivity contribution is 0.102. The number of ketones is 1. The van der Waals surface area contributed by atoms with Crippen LogP contribution in [0.1, 0.15) is 22.3 Å². The van der Waals surface area contributed by atoms with Crippen molar-refractivity contribution in [2.24, 2.45) is 0 Å². The first-order chi connectivity index (χ1) is 12.1. The lowest BCUT2D eigenvalue weighted by Gasteiger charge is -2.07. The fourth-order valence-electron chi connectivity index (χ4n) is 3.12. The average Bonchev–Trinajstić information content (AvgIpc) is 3.03. The van der Waals surface area contributed by atoms with Gasteiger partial charge in [-0.15, -0.1) is 11.3 Å². The molecule has 0 aliphatic carbocycles. The second-order valence-electron chi connectivity index (χ2n) is 6.09. The Labute approximate surface area is 150 Å². The highest BCUT2D eigenvalue weighted by Gasteiger charge is 2.13. The molecule has 0 atom stereocenters. The van der Waals surface area contributed by atoms with Crippen LogP contribution in [0.5, 0.6) is 0 Å². The van der Waals surface area contributed by atoms with Gasteiger partial charge in [0.2, 0.25) is 0 Å². The van der Waals surface area contributed by atoms with Gasteiger partial charge in [-0.2, -0.15) is 0 Å². The molecule has 0 spiro atoms. The predicted molar refractivity (Wildman–Crippen MR) is 105 cm³/mol. The Morgan fingerprint density at radius 1 is 0.880 bits per heavy atom. The minimum absolute atomic E-state index is 0.0774. The highest BCUT2D eigenvalue weighted by molar-refractivity contribution is 7.17. The standard InChI is InChI=1S/C22H17NOS/c1-14-21(15(2)24)25-22(23-14)18-12-10-17(11-13-18)20-9-5-7-16-6-3-4-8-19(16)20/h3-13H,1-2H3. The summed E-state index contributed by atoms with van der Waals surface area (Å²) in [6.07, 6.45) is 0. The molecule has 4 rings (SSSR count). The molecule has 1 heterocycles. The van der Waals surface area contributed by atoms with Crippen LogP contribution in [-0.4, -0.2) is 10.8 Å². The van der Waals surface area contributed by atoms with Gasteiger partial charge in [-0.3, -0.25) is 4.79 Å². The highest BCUT2D eigenvalue weighted by Crippen LogP contribution is 2.32. The molecule has 0 radical (unpaired) electrons. The molecule has 122 valence electrons. The van der Waals surface area contributed by atoms with Gasteiger partial charge in [-0.25, -0.2) is 4.98 Å². The van der Waals surface area contributed by atoms with Gasteiger partial charge in [-0.05, 0) is 28.8 Å². The molecule has 0 aliphatic heterocycles. The Balaban J connectivity index is 1.75. The monoisotopic (exact) mass is 343 g/mol. The number of hydrogen-bond acceptors (Lipinski definition) is 3. The third-order valence-electron chi connectivity index (χ3n) is 4.35. The molecule has 2 nitrogen and oxygen atoms in total. The number of aryl methyl sites for hydroxylation is 1. The normalized spacial score (nSPS) is 11.0. The Kier molecular flexibility index (Phi) is 3.94. The first kappa shape index (κ1) is 15.7. The molecule has 0 amide bonds. The van der Waals surface area contributed by atoms with Gasteiger partial charge in [0.1, 0.15) is 5.01 Å². The summed E-state index contributed by atoms with van der Waals surface area (Å²) in [5, 5.41) is 3.39. The van der Waals surface area contributed by atoms with Gasteiger partial charge in [0.25, 0.3) is 0 Å². The lowest BCUT2D eigenvalue weighted by atomic mass is 9.98. The second kappa shape index (κ2) is 6.26. The fourth-order valence-corrected chi connectivity index (χ4v) is 4.08. The number of hydrogen-bond donors (Lipinski definition) is 0. The number of rotatable bonds is 3. The van der Waals surface area contributed by atoms with E-state index >= 15 is 0 Å². The molecular weight excluding hydrogens is 326 g/mol. The minimum atomic E-state index is 0.0774. The van der Waals surface area contributed by atoms with Gasteiger partial charge in [0.05, 0.1) is 10.6 Å². The summed E-state index contributed by atoms with van der Waals surface area (Å²) in [4.78, 5) is 16.9. The van der Waals surface area contributed by atoms with E-state index in [0.29, 0.717) is 0 Å². The van der Waals surface area contributed by atoms with E-state index < -0.39 is 0 Å². The predicted octanol–water partition coefficient (Wildman–Crippen LogP) is 6.14. The molecule has 4 aromatic rings. The maximum Gasteiger partial charge on any atom is 0.171 e. The Morgan fingerprint density at radius 2 is 1.56 bits per heavy atom. The summed E-state index contributed by atoms with van der Waals surface area (Å²) in [5.74, 6) is 0.0774. The highest BCUT2D eigenvalue weighted by atomic mass is 32.1. The number of benzene rings is 3. The van der Waals surface area contributed by atoms with Crippen molar-refractivity contribution >= 4 is 27.9 Å². The molecule has 1 aromatic heterocycles. The van der Waals surface area contributed by atoms with Crippen LogP contribution in [0.25, 0.3) is 32.5 Å². The number of carbonyl (C=O) groups is 1. The van der Waals surface area contributed by atoms with Crippen molar-refractivity contribution in [1.82, 2.24) is 4.98 Å². The van der Waals surface area contributed by atoms with E-state index in [2.05, 4.69) is 71.7 Å². The number of nitrogens with zero attached hydrogens (tertiary/aromatic N) is 1. The smallest absolute Gasteiger partial charge is 0.171 e. The van der Waals surface area contributed by atoms with E-state index in [9.17, 15) is 4.79 Å². The SMILES string of the molecule is CC(=O)c1sc(-c2ccc(-c3cccc4ccccc34)cc2)nc1C. The van der Waals surface area contributed by atoms with E-state index in [0.717, 1.165) is 21.1 Å². The zero-order valence-electron chi connectivity index (χ0n) is 14.1. The van der Waals surface area contributed by atoms with Crippen molar-refractivity contribution in [2.45, 2.75) is 13.8 Å². The maximum atomic E-state index is 11.6. The van der Waals surface area contributed by atoms with Crippen LogP contribution in [0.2, 0.25) is 0 Å². The van der Waals surface area contributed by atoms with Gasteiger partial charge >= 0.3 is 0 Å². The fraction of sp³-hybridized carbons (Fsp3) is 0.0909. The van der Waals surface area contributed by atoms with Crippen LogP contribution in [0.4, 0.5) is 0 Å². The summed E-state index contributed by atoms with van der Waals surface area (Å²) in [6, 6.07) is 23.2. The van der Waals surface area contributed by atoms with Crippen LogP contribution in [0, 0.1) is 6.92 Å². The van der Waals surface area contributed by atoms with E-state index in [-0.39, 0.29) is 5.78 Å². The first-order valence-electron chi connectivity index (χ1n) is 8.20. The van der Waals surface area contributed by atoms with E-state index in [4.69, 9.17) is 0 Å². The summed E-state index contributed by atoms with van der Waals surface area (Å²) < 4.78 is 0. The molecule has 0 fully saturated rings. The largest absolute Gasteiger partial charge is 0.294 e. The van der Waals surface area contributed by atoms with E-state index in [1.807, 2.05) is 6.92 Å². The van der Waals surface area contributed by atoms with Crippen molar-refractivity contribution in [3.8, 4) is 21.7 Å². The molecule has 3 heteroatoms. The summed E-state index contributed by atoms with van der Waals surface area (Å²) >= 11 is 1.46. The summed E-state index contributed by atoms with van der Waals surface area (Å²) in [7, 11) is 0. The zero-order chi connectivity index (χ0) is 17.4. The number of aromatic nitrogens is 1. The van der Waals surface area contributed by atoms with Crippen LogP contribution in [0.15, 0.2) is 66.7 Å². The zero-order valence-corrected chi connectivity index (χ0v) is 14.9. The number of Topliss-reactive ketones (excluding diaryl/α,β-unsaturated/α-hetero) is 1. The number of thiazole rings is 1. The van der Waals surface area contributed by atoms with Crippen molar-refractivity contribution in [3.05, 3.63) is 77.3 Å². The van der Waals surface area contributed by atoms with Gasteiger partial charge < -0.3 is 0 Å². The molecule has 0 unspecified atom stereocenters. The van der Waals surface area contributed by atoms with E-state index in [1.54, 1.807) is 6.92 Å². The molecule has 0 aliphatic rings. The van der Waals surface area contributed by atoms with Crippen molar-refractivity contribution in [3.63, 3.8) is 0 Å². The van der Waals surface area contributed by atoms with Crippen LogP contribution < -0.4 is 0 Å². The van der Waals surface area contributed by atoms with Crippen LogP contribution in [0.3, 0.4) is 0 Å². The molecule has 25 heavy (non-hydrogen) atoms. The van der Waals surface area contributed by atoms with Crippen LogP contribution >= 0.6 is 11.3 Å². The van der Waals surface area contributed by atoms with E-state index in [1.165, 1.54) is 33.2 Å². The molecule has 0 N–H and O–H groups in total.